The lowest BCUT2D eigenvalue weighted by atomic mass is 9.98. The van der Waals surface area contributed by atoms with Crippen molar-refractivity contribution in [2.75, 3.05) is 6.61 Å². The van der Waals surface area contributed by atoms with E-state index in [9.17, 15) is 14.7 Å². The van der Waals surface area contributed by atoms with Gasteiger partial charge in [-0.25, -0.2) is 9.59 Å². The summed E-state index contributed by atoms with van der Waals surface area (Å²) in [5, 5.41) is 12.5. The molecule has 0 fully saturated rings. The molecule has 0 saturated carbocycles. The van der Waals surface area contributed by atoms with E-state index in [0.717, 1.165) is 22.3 Å². The normalized spacial score (nSPS) is 13.2. The summed E-state index contributed by atoms with van der Waals surface area (Å²) in [7, 11) is 0. The molecule has 1 unspecified atom stereocenters. The average Bonchev–Trinajstić information content (AvgIpc) is 3.08. The minimum absolute atomic E-state index is 0.0898. The Hall–Kier alpha value is -2.83. The van der Waals surface area contributed by atoms with E-state index in [1.54, 1.807) is 18.2 Å². The summed E-state index contributed by atoms with van der Waals surface area (Å²) < 4.78 is 6.17. The number of carboxylic acids is 1. The molecule has 3 aromatic rings. The van der Waals surface area contributed by atoms with Crippen LogP contribution in [0, 0.1) is 0 Å². The molecule has 1 atom stereocenters. The van der Waals surface area contributed by atoms with E-state index < -0.39 is 18.1 Å². The SMILES string of the molecule is O=C(NC(Cc1ccc(Br)c(Cl)c1)C(=O)O)OCC1c2ccccc2-c2ccccc21. The largest absolute Gasteiger partial charge is 0.480 e. The molecular formula is C24H19BrClNO4. The van der Waals surface area contributed by atoms with Gasteiger partial charge in [0.15, 0.2) is 0 Å². The molecule has 1 aliphatic rings. The Kier molecular flexibility index (Phi) is 6.30. The van der Waals surface area contributed by atoms with Gasteiger partial charge in [-0.3, -0.25) is 0 Å². The van der Waals surface area contributed by atoms with Crippen molar-refractivity contribution in [2.24, 2.45) is 0 Å². The standard InChI is InChI=1S/C24H19BrClNO4/c25-20-10-9-14(11-21(20)26)12-22(23(28)29)27-24(30)31-13-19-17-7-3-1-5-15(17)16-6-2-4-8-18(16)19/h1-11,19,22H,12-13H2,(H,27,30)(H,28,29). The van der Waals surface area contributed by atoms with Gasteiger partial charge in [-0.1, -0.05) is 66.2 Å². The van der Waals surface area contributed by atoms with E-state index in [1.165, 1.54) is 0 Å². The summed E-state index contributed by atoms with van der Waals surface area (Å²) in [6, 6.07) is 20.1. The molecule has 4 rings (SSSR count). The fraction of sp³-hybridized carbons (Fsp3) is 0.167. The summed E-state index contributed by atoms with van der Waals surface area (Å²) in [5.41, 5.74) is 5.14. The maximum atomic E-state index is 12.4. The minimum Gasteiger partial charge on any atom is -0.480 e. The van der Waals surface area contributed by atoms with Gasteiger partial charge < -0.3 is 15.2 Å². The maximum Gasteiger partial charge on any atom is 0.407 e. The number of nitrogens with one attached hydrogen (secondary N) is 1. The smallest absolute Gasteiger partial charge is 0.407 e. The van der Waals surface area contributed by atoms with Crippen LogP contribution < -0.4 is 5.32 Å². The van der Waals surface area contributed by atoms with Crippen LogP contribution in [-0.4, -0.2) is 29.8 Å². The van der Waals surface area contributed by atoms with E-state index in [4.69, 9.17) is 16.3 Å². The summed E-state index contributed by atoms with van der Waals surface area (Å²) in [5.74, 6) is -1.24. The molecule has 1 aliphatic carbocycles. The molecule has 31 heavy (non-hydrogen) atoms. The van der Waals surface area contributed by atoms with E-state index >= 15 is 0 Å². The number of amides is 1. The first kappa shape index (κ1) is 21.4. The molecule has 7 heteroatoms. The third-order valence-corrected chi connectivity index (χ3v) is 6.59. The number of alkyl carbamates (subject to hydrolysis) is 1. The van der Waals surface area contributed by atoms with Crippen molar-refractivity contribution in [1.29, 1.82) is 0 Å². The Bertz CT molecular complexity index is 1100. The van der Waals surface area contributed by atoms with Crippen LogP contribution in [0.5, 0.6) is 0 Å². The molecule has 0 heterocycles. The van der Waals surface area contributed by atoms with E-state index in [0.29, 0.717) is 15.1 Å². The second kappa shape index (κ2) is 9.12. The number of carbonyl (C=O) groups excluding carboxylic acids is 1. The lowest BCUT2D eigenvalue weighted by molar-refractivity contribution is -0.139. The number of carbonyl (C=O) groups is 2. The molecule has 0 spiro atoms. The van der Waals surface area contributed by atoms with Crippen molar-refractivity contribution in [3.63, 3.8) is 0 Å². The Morgan fingerprint density at radius 1 is 1.03 bits per heavy atom. The third kappa shape index (κ3) is 4.60. The van der Waals surface area contributed by atoms with E-state index in [2.05, 4.69) is 33.4 Å². The number of rotatable bonds is 6. The summed E-state index contributed by atoms with van der Waals surface area (Å²) in [6.07, 6.45) is -0.676. The van der Waals surface area contributed by atoms with Crippen molar-refractivity contribution in [1.82, 2.24) is 5.32 Å². The van der Waals surface area contributed by atoms with Crippen molar-refractivity contribution in [3.05, 3.63) is 92.9 Å². The highest BCUT2D eigenvalue weighted by Gasteiger charge is 2.29. The van der Waals surface area contributed by atoms with Crippen molar-refractivity contribution < 1.29 is 19.4 Å². The maximum absolute atomic E-state index is 12.4. The quantitative estimate of drug-likeness (QED) is 0.459. The van der Waals surface area contributed by atoms with E-state index in [-0.39, 0.29) is 18.9 Å². The Morgan fingerprint density at radius 2 is 1.65 bits per heavy atom. The van der Waals surface area contributed by atoms with Crippen LogP contribution in [-0.2, 0) is 16.0 Å². The Morgan fingerprint density at radius 3 is 2.23 bits per heavy atom. The first-order valence-electron chi connectivity index (χ1n) is 9.72. The van der Waals surface area contributed by atoms with Gasteiger partial charge in [0, 0.05) is 16.8 Å². The Balaban J connectivity index is 1.43. The van der Waals surface area contributed by atoms with Crippen LogP contribution in [0.15, 0.2) is 71.2 Å². The van der Waals surface area contributed by atoms with Crippen LogP contribution in [0.1, 0.15) is 22.6 Å². The lowest BCUT2D eigenvalue weighted by Gasteiger charge is -2.17. The zero-order chi connectivity index (χ0) is 22.0. The lowest BCUT2D eigenvalue weighted by Crippen LogP contribution is -2.42. The topological polar surface area (TPSA) is 75.6 Å². The van der Waals surface area contributed by atoms with E-state index in [1.807, 2.05) is 36.4 Å². The van der Waals surface area contributed by atoms with Gasteiger partial charge in [-0.2, -0.15) is 0 Å². The van der Waals surface area contributed by atoms with Gasteiger partial charge in [0.05, 0.1) is 5.02 Å². The monoisotopic (exact) mass is 499 g/mol. The number of carboxylic acid groups (broad SMARTS) is 1. The molecule has 1 amide bonds. The first-order valence-corrected chi connectivity index (χ1v) is 10.9. The number of hydrogen-bond acceptors (Lipinski definition) is 3. The van der Waals surface area contributed by atoms with Crippen LogP contribution in [0.3, 0.4) is 0 Å². The van der Waals surface area contributed by atoms with Crippen LogP contribution in [0.2, 0.25) is 5.02 Å². The molecule has 0 radical (unpaired) electrons. The van der Waals surface area contributed by atoms with Gasteiger partial charge in [0.25, 0.3) is 0 Å². The molecule has 158 valence electrons. The second-order valence-electron chi connectivity index (χ2n) is 7.31. The molecule has 5 nitrogen and oxygen atoms in total. The van der Waals surface area contributed by atoms with Crippen LogP contribution >= 0.6 is 27.5 Å². The van der Waals surface area contributed by atoms with Gasteiger partial charge in [-0.05, 0) is 55.9 Å². The molecule has 3 aromatic carbocycles. The highest BCUT2D eigenvalue weighted by molar-refractivity contribution is 9.10. The number of benzene rings is 3. The highest BCUT2D eigenvalue weighted by atomic mass is 79.9. The highest BCUT2D eigenvalue weighted by Crippen LogP contribution is 2.44. The number of fused-ring (bicyclic) bond motifs is 3. The van der Waals surface area contributed by atoms with Crippen molar-refractivity contribution in [2.45, 2.75) is 18.4 Å². The minimum atomic E-state index is -1.15. The van der Waals surface area contributed by atoms with Crippen LogP contribution in [0.25, 0.3) is 11.1 Å². The molecule has 2 N–H and O–H groups in total. The summed E-state index contributed by atoms with van der Waals surface area (Å²) in [4.78, 5) is 24.1. The summed E-state index contributed by atoms with van der Waals surface area (Å²) in [6.45, 7) is 0.121. The fourth-order valence-corrected chi connectivity index (χ4v) is 4.33. The molecule has 0 aromatic heterocycles. The third-order valence-electron chi connectivity index (χ3n) is 5.36. The second-order valence-corrected chi connectivity index (χ2v) is 8.57. The molecule has 0 aliphatic heterocycles. The molecule has 0 saturated heterocycles. The first-order chi connectivity index (χ1) is 14.9. The zero-order valence-electron chi connectivity index (χ0n) is 16.3. The van der Waals surface area contributed by atoms with Crippen molar-refractivity contribution in [3.8, 4) is 11.1 Å². The average molecular weight is 501 g/mol. The summed E-state index contributed by atoms with van der Waals surface area (Å²) >= 11 is 9.38. The van der Waals surface area contributed by atoms with Gasteiger partial charge >= 0.3 is 12.1 Å². The van der Waals surface area contributed by atoms with Gasteiger partial charge in [-0.15, -0.1) is 0 Å². The zero-order valence-corrected chi connectivity index (χ0v) is 18.7. The number of hydrogen-bond donors (Lipinski definition) is 2. The van der Waals surface area contributed by atoms with Crippen LogP contribution in [0.4, 0.5) is 4.79 Å². The van der Waals surface area contributed by atoms with Crippen molar-refractivity contribution >= 4 is 39.6 Å². The van der Waals surface area contributed by atoms with Gasteiger partial charge in [0.1, 0.15) is 12.6 Å². The van der Waals surface area contributed by atoms with Gasteiger partial charge in [0.2, 0.25) is 0 Å². The molecule has 0 bridgehead atoms. The predicted molar refractivity (Wildman–Crippen MR) is 122 cm³/mol. The predicted octanol–water partition coefficient (Wildman–Crippen LogP) is 5.64. The Labute approximate surface area is 193 Å². The number of aliphatic carboxylic acids is 1. The fourth-order valence-electron chi connectivity index (χ4n) is 3.88. The number of halogens is 2. The molecular weight excluding hydrogens is 482 g/mol. The number of ether oxygens (including phenoxy) is 1.